The molecule has 0 aromatic carbocycles. The van der Waals surface area contributed by atoms with E-state index >= 15 is 0 Å². The molecule has 0 saturated carbocycles. The van der Waals surface area contributed by atoms with Gasteiger partial charge in [0.2, 0.25) is 5.91 Å². The van der Waals surface area contributed by atoms with Crippen LogP contribution in [0.5, 0.6) is 0 Å². The SMILES string of the molecule is CC(CNC(=O)CCn1ccccc1=O)CC(=O)O. The molecule has 0 fully saturated rings. The molecule has 0 bridgehead atoms. The van der Waals surface area contributed by atoms with Crippen molar-refractivity contribution in [1.82, 2.24) is 9.88 Å². The average Bonchev–Trinajstić information content (AvgIpc) is 2.34. The van der Waals surface area contributed by atoms with Crippen LogP contribution in [-0.4, -0.2) is 28.1 Å². The molecule has 1 rings (SSSR count). The number of carboxylic acids is 1. The van der Waals surface area contributed by atoms with E-state index in [1.165, 1.54) is 10.6 Å². The molecule has 1 aromatic heterocycles. The van der Waals surface area contributed by atoms with Crippen molar-refractivity contribution >= 4 is 11.9 Å². The van der Waals surface area contributed by atoms with E-state index < -0.39 is 5.97 Å². The zero-order valence-corrected chi connectivity index (χ0v) is 10.8. The number of amides is 1. The number of hydrogen-bond donors (Lipinski definition) is 2. The summed E-state index contributed by atoms with van der Waals surface area (Å²) in [6.45, 7) is 2.41. The Bertz CT molecular complexity index is 495. The van der Waals surface area contributed by atoms with E-state index in [1.807, 2.05) is 0 Å². The molecule has 1 aromatic rings. The van der Waals surface area contributed by atoms with Gasteiger partial charge in [-0.05, 0) is 12.0 Å². The summed E-state index contributed by atoms with van der Waals surface area (Å²) in [6, 6.07) is 4.81. The maximum Gasteiger partial charge on any atom is 0.303 e. The second-order valence-electron chi connectivity index (χ2n) is 4.49. The molecule has 1 unspecified atom stereocenters. The van der Waals surface area contributed by atoms with Crippen LogP contribution in [0.2, 0.25) is 0 Å². The second-order valence-corrected chi connectivity index (χ2v) is 4.49. The van der Waals surface area contributed by atoms with Crippen LogP contribution < -0.4 is 10.9 Å². The zero-order valence-electron chi connectivity index (χ0n) is 10.8. The van der Waals surface area contributed by atoms with E-state index in [0.29, 0.717) is 13.1 Å². The van der Waals surface area contributed by atoms with E-state index in [9.17, 15) is 14.4 Å². The van der Waals surface area contributed by atoms with Crippen molar-refractivity contribution in [2.45, 2.75) is 26.3 Å². The summed E-state index contributed by atoms with van der Waals surface area (Å²) in [5.41, 5.74) is -0.144. The van der Waals surface area contributed by atoms with Gasteiger partial charge in [-0.25, -0.2) is 0 Å². The number of pyridine rings is 1. The van der Waals surface area contributed by atoms with Gasteiger partial charge in [-0.2, -0.15) is 0 Å². The third kappa shape index (κ3) is 5.85. The molecule has 0 aliphatic rings. The van der Waals surface area contributed by atoms with Crippen molar-refractivity contribution in [2.75, 3.05) is 6.54 Å². The standard InChI is InChI=1S/C13H18N2O4/c1-10(8-13(18)19)9-14-11(16)5-7-15-6-3-2-4-12(15)17/h2-4,6,10H,5,7-9H2,1H3,(H,14,16)(H,18,19). The highest BCUT2D eigenvalue weighted by Gasteiger charge is 2.09. The van der Waals surface area contributed by atoms with Gasteiger partial charge in [-0.3, -0.25) is 14.4 Å². The molecule has 0 radical (unpaired) electrons. The molecule has 1 atom stereocenters. The van der Waals surface area contributed by atoms with E-state index in [4.69, 9.17) is 5.11 Å². The molecule has 1 heterocycles. The third-order valence-electron chi connectivity index (χ3n) is 2.65. The number of hydrogen-bond acceptors (Lipinski definition) is 3. The molecular weight excluding hydrogens is 248 g/mol. The van der Waals surface area contributed by atoms with Gasteiger partial charge in [0.05, 0.1) is 0 Å². The Morgan fingerprint density at radius 1 is 1.42 bits per heavy atom. The van der Waals surface area contributed by atoms with Crippen molar-refractivity contribution in [1.29, 1.82) is 0 Å². The van der Waals surface area contributed by atoms with Crippen molar-refractivity contribution in [3.05, 3.63) is 34.7 Å². The second kappa shape index (κ2) is 7.35. The van der Waals surface area contributed by atoms with Gasteiger partial charge in [-0.15, -0.1) is 0 Å². The number of rotatable bonds is 7. The van der Waals surface area contributed by atoms with E-state index in [-0.39, 0.29) is 30.2 Å². The first kappa shape index (κ1) is 14.9. The van der Waals surface area contributed by atoms with Gasteiger partial charge in [0, 0.05) is 38.2 Å². The summed E-state index contributed by atoms with van der Waals surface area (Å²) in [6.07, 6.45) is 1.85. The number of aliphatic carboxylic acids is 1. The summed E-state index contributed by atoms with van der Waals surface area (Å²) in [5.74, 6) is -1.17. The molecular formula is C13H18N2O4. The molecule has 0 aliphatic carbocycles. The first-order valence-electron chi connectivity index (χ1n) is 6.13. The Balaban J connectivity index is 2.31. The molecule has 2 N–H and O–H groups in total. The highest BCUT2D eigenvalue weighted by atomic mass is 16.4. The highest BCUT2D eigenvalue weighted by molar-refractivity contribution is 5.75. The fourth-order valence-electron chi connectivity index (χ4n) is 1.61. The van der Waals surface area contributed by atoms with E-state index in [1.54, 1.807) is 25.3 Å². The van der Waals surface area contributed by atoms with Gasteiger partial charge in [-0.1, -0.05) is 13.0 Å². The van der Waals surface area contributed by atoms with E-state index in [0.717, 1.165) is 0 Å². The number of nitrogens with zero attached hydrogens (tertiary/aromatic N) is 1. The summed E-state index contributed by atoms with van der Waals surface area (Å²) >= 11 is 0. The van der Waals surface area contributed by atoms with Gasteiger partial charge in [0.25, 0.3) is 5.56 Å². The largest absolute Gasteiger partial charge is 0.481 e. The van der Waals surface area contributed by atoms with Crippen molar-refractivity contribution in [3.8, 4) is 0 Å². The monoisotopic (exact) mass is 266 g/mol. The zero-order chi connectivity index (χ0) is 14.3. The summed E-state index contributed by atoms with van der Waals surface area (Å²) in [5, 5.41) is 11.2. The Kier molecular flexibility index (Phi) is 5.78. The topological polar surface area (TPSA) is 88.4 Å². The Morgan fingerprint density at radius 2 is 2.16 bits per heavy atom. The Labute approximate surface area is 111 Å². The number of aryl methyl sites for hydroxylation is 1. The van der Waals surface area contributed by atoms with Crippen LogP contribution in [0.4, 0.5) is 0 Å². The average molecular weight is 266 g/mol. The molecule has 0 saturated heterocycles. The van der Waals surface area contributed by atoms with Crippen LogP contribution in [0, 0.1) is 5.92 Å². The summed E-state index contributed by atoms with van der Waals surface area (Å²) < 4.78 is 1.46. The van der Waals surface area contributed by atoms with E-state index in [2.05, 4.69) is 5.32 Å². The Hall–Kier alpha value is -2.11. The van der Waals surface area contributed by atoms with Crippen LogP contribution in [0.3, 0.4) is 0 Å². The van der Waals surface area contributed by atoms with Crippen LogP contribution >= 0.6 is 0 Å². The van der Waals surface area contributed by atoms with Crippen LogP contribution in [0.25, 0.3) is 0 Å². The molecule has 104 valence electrons. The van der Waals surface area contributed by atoms with Gasteiger partial charge >= 0.3 is 5.97 Å². The number of nitrogens with one attached hydrogen (secondary N) is 1. The lowest BCUT2D eigenvalue weighted by atomic mass is 10.1. The maximum absolute atomic E-state index is 11.5. The van der Waals surface area contributed by atoms with Crippen molar-refractivity contribution < 1.29 is 14.7 Å². The van der Waals surface area contributed by atoms with Gasteiger partial charge in [0.1, 0.15) is 0 Å². The van der Waals surface area contributed by atoms with Crippen molar-refractivity contribution in [3.63, 3.8) is 0 Å². The first-order valence-corrected chi connectivity index (χ1v) is 6.13. The summed E-state index contributed by atoms with van der Waals surface area (Å²) in [4.78, 5) is 33.4. The Morgan fingerprint density at radius 3 is 2.79 bits per heavy atom. The predicted molar refractivity (Wildman–Crippen MR) is 69.7 cm³/mol. The minimum absolute atomic E-state index is 0.0262. The lowest BCUT2D eigenvalue weighted by Crippen LogP contribution is -2.30. The van der Waals surface area contributed by atoms with Gasteiger partial charge in [0.15, 0.2) is 0 Å². The molecule has 0 spiro atoms. The van der Waals surface area contributed by atoms with Crippen LogP contribution in [0.1, 0.15) is 19.8 Å². The number of carboxylic acid groups (broad SMARTS) is 1. The summed E-state index contributed by atoms with van der Waals surface area (Å²) in [7, 11) is 0. The molecule has 6 heteroatoms. The number of carbonyl (C=O) groups excluding carboxylic acids is 1. The predicted octanol–water partition coefficient (Wildman–Crippen LogP) is 0.465. The van der Waals surface area contributed by atoms with Crippen molar-refractivity contribution in [2.24, 2.45) is 5.92 Å². The number of carbonyl (C=O) groups is 2. The minimum atomic E-state index is -0.877. The lowest BCUT2D eigenvalue weighted by molar-refractivity contribution is -0.138. The number of aromatic nitrogens is 1. The molecule has 0 aliphatic heterocycles. The van der Waals surface area contributed by atoms with Crippen LogP contribution in [-0.2, 0) is 16.1 Å². The minimum Gasteiger partial charge on any atom is -0.481 e. The van der Waals surface area contributed by atoms with Gasteiger partial charge < -0.3 is 15.0 Å². The fourth-order valence-corrected chi connectivity index (χ4v) is 1.61. The maximum atomic E-state index is 11.5. The lowest BCUT2D eigenvalue weighted by Gasteiger charge is -2.10. The highest BCUT2D eigenvalue weighted by Crippen LogP contribution is 1.99. The third-order valence-corrected chi connectivity index (χ3v) is 2.65. The molecule has 6 nitrogen and oxygen atoms in total. The molecule has 19 heavy (non-hydrogen) atoms. The quantitative estimate of drug-likeness (QED) is 0.750. The smallest absolute Gasteiger partial charge is 0.303 e. The normalized spacial score (nSPS) is 11.8. The molecule has 1 amide bonds. The fraction of sp³-hybridized carbons (Fsp3) is 0.462. The first-order chi connectivity index (χ1) is 8.99. The van der Waals surface area contributed by atoms with Crippen LogP contribution in [0.15, 0.2) is 29.2 Å².